The van der Waals surface area contributed by atoms with E-state index in [-0.39, 0.29) is 12.7 Å². The average Bonchev–Trinajstić information content (AvgIpc) is 2.86. The summed E-state index contributed by atoms with van der Waals surface area (Å²) in [5.74, 6) is 1.17. The lowest BCUT2D eigenvalue weighted by Crippen LogP contribution is -2.48. The summed E-state index contributed by atoms with van der Waals surface area (Å²) < 4.78 is 10.6. The van der Waals surface area contributed by atoms with Gasteiger partial charge in [0.15, 0.2) is 11.5 Å². The topological polar surface area (TPSA) is 73.6 Å². The van der Waals surface area contributed by atoms with E-state index in [0.29, 0.717) is 5.75 Å². The third kappa shape index (κ3) is 1.62. The molecule has 1 saturated heterocycles. The van der Waals surface area contributed by atoms with E-state index in [2.05, 4.69) is 5.32 Å². The van der Waals surface area contributed by atoms with Crippen LogP contribution in [-0.2, 0) is 10.2 Å². The van der Waals surface area contributed by atoms with E-state index in [1.807, 2.05) is 18.2 Å². The van der Waals surface area contributed by atoms with Crippen LogP contribution in [0.4, 0.5) is 0 Å². The van der Waals surface area contributed by atoms with E-state index >= 15 is 0 Å². The summed E-state index contributed by atoms with van der Waals surface area (Å²) in [4.78, 5) is 11.9. The zero-order valence-corrected chi connectivity index (χ0v) is 10.1. The Kier molecular flexibility index (Phi) is 2.63. The largest absolute Gasteiger partial charge is 0.454 e. The molecule has 0 aromatic heterocycles. The van der Waals surface area contributed by atoms with E-state index in [9.17, 15) is 4.79 Å². The lowest BCUT2D eigenvalue weighted by molar-refractivity contribution is -0.124. The van der Waals surface area contributed by atoms with Gasteiger partial charge in [0.05, 0.1) is 5.41 Å². The Morgan fingerprint density at radius 3 is 2.67 bits per heavy atom. The molecule has 3 N–H and O–H groups in total. The van der Waals surface area contributed by atoms with Crippen LogP contribution in [0.1, 0.15) is 18.4 Å². The summed E-state index contributed by atoms with van der Waals surface area (Å²) in [6.07, 6.45) is 1.45. The Balaban J connectivity index is 2.02. The average molecular weight is 248 g/mol. The number of carbonyl (C=O) groups excluding carboxylic acids is 1. The number of amides is 1. The molecular weight excluding hydrogens is 232 g/mol. The van der Waals surface area contributed by atoms with Crippen molar-refractivity contribution in [3.63, 3.8) is 0 Å². The van der Waals surface area contributed by atoms with Crippen LogP contribution in [0.25, 0.3) is 0 Å². The second kappa shape index (κ2) is 4.17. The van der Waals surface area contributed by atoms with Gasteiger partial charge in [0.1, 0.15) is 0 Å². The smallest absolute Gasteiger partial charge is 0.231 e. The van der Waals surface area contributed by atoms with Gasteiger partial charge in [0, 0.05) is 0 Å². The molecule has 0 spiro atoms. The molecule has 0 atom stereocenters. The van der Waals surface area contributed by atoms with Crippen LogP contribution in [0, 0.1) is 0 Å². The van der Waals surface area contributed by atoms with Crippen LogP contribution >= 0.6 is 0 Å². The summed E-state index contributed by atoms with van der Waals surface area (Å²) in [6, 6.07) is 5.66. The number of piperidine rings is 1. The maximum absolute atomic E-state index is 11.9. The van der Waals surface area contributed by atoms with Gasteiger partial charge < -0.3 is 20.5 Å². The summed E-state index contributed by atoms with van der Waals surface area (Å²) in [5.41, 5.74) is 5.99. The third-order valence-corrected chi connectivity index (χ3v) is 3.85. The molecular formula is C13H16N2O3. The Labute approximate surface area is 105 Å². The van der Waals surface area contributed by atoms with Crippen molar-refractivity contribution in [3.05, 3.63) is 23.8 Å². The Hall–Kier alpha value is -1.75. The van der Waals surface area contributed by atoms with Crippen LogP contribution in [-0.4, -0.2) is 25.8 Å². The minimum Gasteiger partial charge on any atom is -0.454 e. The fraction of sp³-hybridized carbons (Fsp3) is 0.462. The van der Waals surface area contributed by atoms with Gasteiger partial charge in [-0.1, -0.05) is 6.07 Å². The Bertz CT molecular complexity index is 481. The molecule has 3 rings (SSSR count). The first-order valence-electron chi connectivity index (χ1n) is 6.13. The van der Waals surface area contributed by atoms with Crippen molar-refractivity contribution in [1.29, 1.82) is 0 Å². The van der Waals surface area contributed by atoms with Gasteiger partial charge in [0.2, 0.25) is 12.7 Å². The highest BCUT2D eigenvalue weighted by Gasteiger charge is 2.40. The predicted octanol–water partition coefficient (Wildman–Crippen LogP) is 0.522. The number of benzene rings is 1. The number of ether oxygens (including phenoxy) is 2. The van der Waals surface area contributed by atoms with Crippen LogP contribution in [0.2, 0.25) is 0 Å². The van der Waals surface area contributed by atoms with Gasteiger partial charge in [-0.25, -0.2) is 0 Å². The molecule has 0 bridgehead atoms. The van der Waals surface area contributed by atoms with Crippen molar-refractivity contribution in [2.24, 2.45) is 5.73 Å². The van der Waals surface area contributed by atoms with Crippen molar-refractivity contribution in [2.75, 3.05) is 19.9 Å². The van der Waals surface area contributed by atoms with Gasteiger partial charge in [-0.3, -0.25) is 4.79 Å². The second-order valence-electron chi connectivity index (χ2n) is 4.76. The summed E-state index contributed by atoms with van der Waals surface area (Å²) >= 11 is 0. The van der Waals surface area contributed by atoms with E-state index in [1.54, 1.807) is 0 Å². The van der Waals surface area contributed by atoms with Crippen molar-refractivity contribution in [1.82, 2.24) is 5.32 Å². The highest BCUT2D eigenvalue weighted by molar-refractivity contribution is 5.87. The zero-order chi connectivity index (χ0) is 12.6. The first-order chi connectivity index (χ1) is 8.72. The molecule has 1 amide bonds. The molecule has 1 fully saturated rings. The fourth-order valence-corrected chi connectivity index (χ4v) is 2.73. The van der Waals surface area contributed by atoms with Gasteiger partial charge in [-0.15, -0.1) is 0 Å². The first-order valence-corrected chi connectivity index (χ1v) is 6.13. The van der Waals surface area contributed by atoms with Gasteiger partial charge in [0.25, 0.3) is 0 Å². The van der Waals surface area contributed by atoms with E-state index in [1.165, 1.54) is 0 Å². The van der Waals surface area contributed by atoms with E-state index < -0.39 is 5.41 Å². The molecule has 0 unspecified atom stereocenters. The number of rotatable bonds is 2. The Morgan fingerprint density at radius 1 is 1.22 bits per heavy atom. The summed E-state index contributed by atoms with van der Waals surface area (Å²) in [5, 5.41) is 3.25. The van der Waals surface area contributed by atoms with Crippen molar-refractivity contribution >= 4 is 5.91 Å². The van der Waals surface area contributed by atoms with E-state index in [0.717, 1.165) is 37.2 Å². The number of primary amides is 1. The molecule has 18 heavy (non-hydrogen) atoms. The SMILES string of the molecule is NC(=O)C1(c2ccc3c(c2)OCO3)CCNCC1. The van der Waals surface area contributed by atoms with Gasteiger partial charge >= 0.3 is 0 Å². The lowest BCUT2D eigenvalue weighted by Gasteiger charge is -2.35. The molecule has 96 valence electrons. The molecule has 1 aromatic rings. The molecule has 5 heteroatoms. The number of carbonyl (C=O) groups is 1. The van der Waals surface area contributed by atoms with Crippen LogP contribution in [0.15, 0.2) is 18.2 Å². The molecule has 1 aromatic carbocycles. The molecule has 0 saturated carbocycles. The molecule has 0 aliphatic carbocycles. The predicted molar refractivity (Wildman–Crippen MR) is 65.5 cm³/mol. The van der Waals surface area contributed by atoms with E-state index in [4.69, 9.17) is 15.2 Å². The van der Waals surface area contributed by atoms with Gasteiger partial charge in [-0.2, -0.15) is 0 Å². The van der Waals surface area contributed by atoms with Crippen LogP contribution in [0.3, 0.4) is 0 Å². The number of hydrogen-bond acceptors (Lipinski definition) is 4. The highest BCUT2D eigenvalue weighted by Crippen LogP contribution is 2.39. The third-order valence-electron chi connectivity index (χ3n) is 3.85. The first kappa shape index (κ1) is 11.3. The lowest BCUT2D eigenvalue weighted by atomic mass is 9.72. The second-order valence-corrected chi connectivity index (χ2v) is 4.76. The molecule has 2 heterocycles. The van der Waals surface area contributed by atoms with Crippen LogP contribution in [0.5, 0.6) is 11.5 Å². The minimum atomic E-state index is -0.577. The zero-order valence-electron chi connectivity index (χ0n) is 10.1. The number of nitrogens with two attached hydrogens (primary N) is 1. The molecule has 5 nitrogen and oxygen atoms in total. The maximum Gasteiger partial charge on any atom is 0.231 e. The maximum atomic E-state index is 11.9. The quantitative estimate of drug-likeness (QED) is 0.800. The standard InChI is InChI=1S/C13H16N2O3/c14-12(16)13(3-5-15-6-4-13)9-1-2-10-11(7-9)18-8-17-10/h1-2,7,15H,3-6,8H2,(H2,14,16). The van der Waals surface area contributed by atoms with Gasteiger partial charge in [-0.05, 0) is 43.6 Å². The molecule has 2 aliphatic heterocycles. The van der Waals surface area contributed by atoms with Crippen LogP contribution < -0.4 is 20.5 Å². The fourth-order valence-electron chi connectivity index (χ4n) is 2.73. The number of fused-ring (bicyclic) bond motifs is 1. The highest BCUT2D eigenvalue weighted by atomic mass is 16.7. The monoisotopic (exact) mass is 248 g/mol. The summed E-state index contributed by atoms with van der Waals surface area (Å²) in [6.45, 7) is 1.85. The number of nitrogens with one attached hydrogen (secondary N) is 1. The normalized spacial score (nSPS) is 20.7. The van der Waals surface area contributed by atoms with Crippen molar-refractivity contribution in [2.45, 2.75) is 18.3 Å². The Morgan fingerprint density at radius 2 is 1.94 bits per heavy atom. The van der Waals surface area contributed by atoms with Crippen molar-refractivity contribution in [3.8, 4) is 11.5 Å². The number of hydrogen-bond donors (Lipinski definition) is 2. The molecule has 2 aliphatic rings. The molecule has 0 radical (unpaired) electrons. The van der Waals surface area contributed by atoms with Crippen molar-refractivity contribution < 1.29 is 14.3 Å². The summed E-state index contributed by atoms with van der Waals surface area (Å²) in [7, 11) is 0. The minimum absolute atomic E-state index is 0.240.